The summed E-state index contributed by atoms with van der Waals surface area (Å²) >= 11 is 0. The zero-order chi connectivity index (χ0) is 16.2. The summed E-state index contributed by atoms with van der Waals surface area (Å²) in [5.74, 6) is 1.91. The maximum Gasteiger partial charge on any atom is 0.265 e. The number of piperidine rings is 1. The Kier molecular flexibility index (Phi) is 6.39. The van der Waals surface area contributed by atoms with Crippen LogP contribution in [0.25, 0.3) is 11.0 Å². The quantitative estimate of drug-likeness (QED) is 0.874. The normalized spacial score (nSPS) is 19.5. The molecule has 2 fully saturated rings. The van der Waals surface area contributed by atoms with Crippen molar-refractivity contribution < 1.29 is 18.7 Å². The molecule has 0 aliphatic carbocycles. The molecule has 138 valence electrons. The zero-order valence-corrected chi connectivity index (χ0v) is 15.1. The van der Waals surface area contributed by atoms with Crippen LogP contribution in [-0.2, 0) is 4.74 Å². The fourth-order valence-electron chi connectivity index (χ4n) is 3.35. The van der Waals surface area contributed by atoms with E-state index in [1.54, 1.807) is 0 Å². The number of hydrogen-bond acceptors (Lipinski definition) is 6. The highest BCUT2D eigenvalue weighted by molar-refractivity contribution is 5.88. The summed E-state index contributed by atoms with van der Waals surface area (Å²) in [5.41, 5.74) is 0.708. The van der Waals surface area contributed by atoms with E-state index >= 15 is 0 Å². The Morgan fingerprint density at radius 3 is 2.72 bits per heavy atom. The molecule has 1 N–H and O–H groups in total. The number of ether oxygens (including phenoxy) is 3. The molecule has 0 atom stereocenters. The molecule has 0 radical (unpaired) electrons. The summed E-state index contributed by atoms with van der Waals surface area (Å²) in [4.78, 5) is 0. The van der Waals surface area contributed by atoms with Gasteiger partial charge in [-0.15, -0.1) is 12.4 Å². The lowest BCUT2D eigenvalue weighted by Gasteiger charge is -2.24. The van der Waals surface area contributed by atoms with Crippen LogP contribution >= 0.6 is 12.4 Å². The van der Waals surface area contributed by atoms with Crippen molar-refractivity contribution in [3.05, 3.63) is 18.2 Å². The SMILES string of the molecule is Cl.c1cc(OC2CCOCC2)c2c(OCC3CCNCC3)noc2c1. The van der Waals surface area contributed by atoms with Gasteiger partial charge in [-0.3, -0.25) is 0 Å². The van der Waals surface area contributed by atoms with Crippen LogP contribution in [0.2, 0.25) is 0 Å². The molecule has 7 heteroatoms. The summed E-state index contributed by atoms with van der Waals surface area (Å²) in [6, 6.07) is 5.79. The molecule has 2 aliphatic rings. The van der Waals surface area contributed by atoms with Crippen molar-refractivity contribution >= 4 is 23.4 Å². The Balaban J connectivity index is 0.00000182. The summed E-state index contributed by atoms with van der Waals surface area (Å²) in [6.07, 6.45) is 4.28. The van der Waals surface area contributed by atoms with Crippen LogP contribution in [0.5, 0.6) is 11.6 Å². The van der Waals surface area contributed by atoms with Crippen molar-refractivity contribution in [2.45, 2.75) is 31.8 Å². The molecule has 0 unspecified atom stereocenters. The van der Waals surface area contributed by atoms with Gasteiger partial charge in [0.2, 0.25) is 0 Å². The van der Waals surface area contributed by atoms with Crippen molar-refractivity contribution in [1.29, 1.82) is 0 Å². The van der Waals surface area contributed by atoms with E-state index in [4.69, 9.17) is 18.7 Å². The molecule has 1 aromatic carbocycles. The van der Waals surface area contributed by atoms with Crippen LogP contribution in [0.15, 0.2) is 22.7 Å². The summed E-state index contributed by atoms with van der Waals surface area (Å²) < 4.78 is 23.0. The Morgan fingerprint density at radius 1 is 1.12 bits per heavy atom. The zero-order valence-electron chi connectivity index (χ0n) is 14.2. The minimum Gasteiger partial charge on any atom is -0.489 e. The predicted molar refractivity (Wildman–Crippen MR) is 96.8 cm³/mol. The van der Waals surface area contributed by atoms with Gasteiger partial charge in [0.05, 0.1) is 19.8 Å². The lowest BCUT2D eigenvalue weighted by Crippen LogP contribution is -2.30. The second-order valence-corrected chi connectivity index (χ2v) is 6.55. The maximum absolute atomic E-state index is 6.19. The van der Waals surface area contributed by atoms with Gasteiger partial charge in [-0.25, -0.2) is 0 Å². The molecule has 2 saturated heterocycles. The fraction of sp³-hybridized carbons (Fsp3) is 0.611. The number of rotatable bonds is 5. The first kappa shape index (κ1) is 18.3. The average Bonchev–Trinajstić information content (AvgIpc) is 3.06. The molecule has 3 heterocycles. The van der Waals surface area contributed by atoms with Gasteiger partial charge in [-0.2, -0.15) is 0 Å². The highest BCUT2D eigenvalue weighted by Gasteiger charge is 2.21. The second kappa shape index (κ2) is 8.74. The van der Waals surface area contributed by atoms with Gasteiger partial charge in [0.25, 0.3) is 5.88 Å². The molecular formula is C18H25ClN2O4. The van der Waals surface area contributed by atoms with Crippen molar-refractivity contribution in [2.24, 2.45) is 5.92 Å². The van der Waals surface area contributed by atoms with Gasteiger partial charge in [0.1, 0.15) is 17.2 Å². The Bertz CT molecular complexity index is 666. The van der Waals surface area contributed by atoms with Crippen LogP contribution in [0.1, 0.15) is 25.7 Å². The van der Waals surface area contributed by atoms with Gasteiger partial charge in [0.15, 0.2) is 5.58 Å². The third-order valence-corrected chi connectivity index (χ3v) is 4.81. The van der Waals surface area contributed by atoms with Gasteiger partial charge >= 0.3 is 0 Å². The summed E-state index contributed by atoms with van der Waals surface area (Å²) in [5, 5.41) is 8.33. The smallest absolute Gasteiger partial charge is 0.265 e. The van der Waals surface area contributed by atoms with Gasteiger partial charge < -0.3 is 24.1 Å². The molecule has 1 aromatic heterocycles. The monoisotopic (exact) mass is 368 g/mol. The molecule has 6 nitrogen and oxygen atoms in total. The van der Waals surface area contributed by atoms with Crippen LogP contribution in [0.3, 0.4) is 0 Å². The van der Waals surface area contributed by atoms with Gasteiger partial charge in [0, 0.05) is 12.8 Å². The first-order chi connectivity index (χ1) is 11.9. The molecule has 0 amide bonds. The van der Waals surface area contributed by atoms with E-state index in [0.29, 0.717) is 24.0 Å². The standard InChI is InChI=1S/C18H24N2O4.ClH/c1-2-15(23-14-6-10-21-11-7-14)17-16(3-1)24-20-18(17)22-12-13-4-8-19-9-5-13;/h1-3,13-14,19H,4-12H2;1H. The molecule has 0 saturated carbocycles. The first-order valence-corrected chi connectivity index (χ1v) is 8.86. The third kappa shape index (κ3) is 4.37. The topological polar surface area (TPSA) is 65.8 Å². The Morgan fingerprint density at radius 2 is 1.92 bits per heavy atom. The Labute approximate surface area is 153 Å². The number of halogens is 1. The van der Waals surface area contributed by atoms with E-state index in [0.717, 1.165) is 63.1 Å². The van der Waals surface area contributed by atoms with E-state index in [-0.39, 0.29) is 18.5 Å². The van der Waals surface area contributed by atoms with Crippen LogP contribution in [0.4, 0.5) is 0 Å². The van der Waals surface area contributed by atoms with E-state index in [1.807, 2.05) is 18.2 Å². The minimum absolute atomic E-state index is 0. The highest BCUT2D eigenvalue weighted by Crippen LogP contribution is 2.35. The summed E-state index contributed by atoms with van der Waals surface area (Å²) in [6.45, 7) is 4.30. The number of nitrogens with zero attached hydrogens (tertiary/aromatic N) is 1. The van der Waals surface area contributed by atoms with Crippen molar-refractivity contribution in [3.63, 3.8) is 0 Å². The number of hydrogen-bond donors (Lipinski definition) is 1. The number of nitrogens with one attached hydrogen (secondary N) is 1. The number of fused-ring (bicyclic) bond motifs is 1. The lowest BCUT2D eigenvalue weighted by atomic mass is 9.99. The van der Waals surface area contributed by atoms with Crippen molar-refractivity contribution in [3.8, 4) is 11.6 Å². The van der Waals surface area contributed by atoms with Crippen LogP contribution in [-0.4, -0.2) is 44.2 Å². The molecule has 25 heavy (non-hydrogen) atoms. The highest BCUT2D eigenvalue weighted by atomic mass is 35.5. The van der Waals surface area contributed by atoms with Crippen LogP contribution < -0.4 is 14.8 Å². The maximum atomic E-state index is 6.19. The van der Waals surface area contributed by atoms with E-state index in [1.165, 1.54) is 0 Å². The van der Waals surface area contributed by atoms with Crippen LogP contribution in [0, 0.1) is 5.92 Å². The molecule has 2 aliphatic heterocycles. The number of benzene rings is 1. The molecular weight excluding hydrogens is 344 g/mol. The van der Waals surface area contributed by atoms with Crippen molar-refractivity contribution in [1.82, 2.24) is 10.5 Å². The Hall–Kier alpha value is -1.50. The number of aromatic nitrogens is 1. The first-order valence-electron chi connectivity index (χ1n) is 8.86. The predicted octanol–water partition coefficient (Wildman–Crippen LogP) is 3.19. The van der Waals surface area contributed by atoms with E-state index in [9.17, 15) is 0 Å². The summed E-state index contributed by atoms with van der Waals surface area (Å²) in [7, 11) is 0. The fourth-order valence-corrected chi connectivity index (χ4v) is 3.35. The molecule has 2 aromatic rings. The third-order valence-electron chi connectivity index (χ3n) is 4.81. The van der Waals surface area contributed by atoms with E-state index < -0.39 is 0 Å². The molecule has 4 rings (SSSR count). The average molecular weight is 369 g/mol. The largest absolute Gasteiger partial charge is 0.489 e. The van der Waals surface area contributed by atoms with Gasteiger partial charge in [-0.1, -0.05) is 6.07 Å². The molecule has 0 bridgehead atoms. The molecule has 0 spiro atoms. The second-order valence-electron chi connectivity index (χ2n) is 6.55. The van der Waals surface area contributed by atoms with Crippen molar-refractivity contribution in [2.75, 3.05) is 32.9 Å². The minimum atomic E-state index is 0. The lowest BCUT2D eigenvalue weighted by molar-refractivity contribution is 0.0261. The van der Waals surface area contributed by atoms with E-state index in [2.05, 4.69) is 10.5 Å². The van der Waals surface area contributed by atoms with Gasteiger partial charge in [-0.05, 0) is 49.1 Å².